The maximum absolute atomic E-state index is 12.0. The summed E-state index contributed by atoms with van der Waals surface area (Å²) in [5.41, 5.74) is -11.6. The van der Waals surface area contributed by atoms with Gasteiger partial charge in [-0.15, -0.1) is 78.4 Å². The van der Waals surface area contributed by atoms with Crippen LogP contribution in [0.4, 0.5) is 0 Å². The summed E-state index contributed by atoms with van der Waals surface area (Å²) in [5.74, 6) is 0. The minimum atomic E-state index is -0.885. The maximum atomic E-state index is 12.0. The molecule has 0 aromatic carbocycles. The first-order valence-corrected chi connectivity index (χ1v) is 42.4. The van der Waals surface area contributed by atoms with Crippen LogP contribution in [-0.4, -0.2) is 271 Å². The van der Waals surface area contributed by atoms with E-state index >= 15 is 0 Å². The van der Waals surface area contributed by atoms with Gasteiger partial charge in [-0.3, -0.25) is 39.2 Å². The molecule has 8 aliphatic heterocycles. The molecule has 0 aromatic heterocycles. The van der Waals surface area contributed by atoms with Gasteiger partial charge < -0.3 is 77.0 Å². The van der Waals surface area contributed by atoms with Crippen LogP contribution >= 0.6 is 0 Å². The topological polar surface area (TPSA) is 377 Å². The predicted octanol–water partition coefficient (Wildman–Crippen LogP) is 1.51. The van der Waals surface area contributed by atoms with Gasteiger partial charge in [0.25, 0.3) is 0 Å². The summed E-state index contributed by atoms with van der Waals surface area (Å²) < 4.78 is 0. The zero-order valence-electron chi connectivity index (χ0n) is 79.9. The van der Waals surface area contributed by atoms with Crippen molar-refractivity contribution in [3.05, 3.63) is 0 Å². The standard InChI is InChI=1S/4C16H30N2O2.6C4H9O.O.4Zr/c4*1-15(2,19)11-17-9-5-7-13(17)14-8-6-10-18(14)12-16(3,4)20;6*1-4(2,3)5;;;;;/h4*13-14H,5-12H2,1-4H3;6*1-3H3;;;;;/q4*-2;6*-1;-2;4*+4/t4*13-,14-;;;;;;;;;;;/m1111.........../s1. The van der Waals surface area contributed by atoms with E-state index in [-0.39, 0.29) is 110 Å². The van der Waals surface area contributed by atoms with Crippen LogP contribution in [0.1, 0.15) is 338 Å². The Kier molecular flexibility index (Phi) is 63.8. The zero-order valence-corrected chi connectivity index (χ0v) is 89.8. The fourth-order valence-electron chi connectivity index (χ4n) is 15.8. The molecule has 23 nitrogen and oxygen atoms in total. The number of hydrogen-bond donors (Lipinski definition) is 0. The molecule has 27 heteroatoms. The first kappa shape index (κ1) is 131. The van der Waals surface area contributed by atoms with Crippen LogP contribution in [0.5, 0.6) is 0 Å². The van der Waals surface area contributed by atoms with Gasteiger partial charge in [0.1, 0.15) is 0 Å². The average molecular weight is 1950 g/mol. The summed E-state index contributed by atoms with van der Waals surface area (Å²) in [6, 6.07) is 3.84. The third-order valence-corrected chi connectivity index (χ3v) is 17.8. The molecule has 8 fully saturated rings. The van der Waals surface area contributed by atoms with Crippen LogP contribution in [0.25, 0.3) is 0 Å². The Labute approximate surface area is 783 Å². The van der Waals surface area contributed by atoms with Gasteiger partial charge in [-0.1, -0.05) is 235 Å². The van der Waals surface area contributed by atoms with E-state index in [1.165, 1.54) is 103 Å². The van der Waals surface area contributed by atoms with E-state index in [9.17, 15) is 71.5 Å². The molecule has 0 radical (unpaired) electrons. The Bertz CT molecular complexity index is 1900. The van der Waals surface area contributed by atoms with E-state index in [2.05, 4.69) is 39.2 Å². The number of nitrogens with zero attached hydrogens (tertiary/aromatic N) is 8. The molecule has 8 atom stereocenters. The summed E-state index contributed by atoms with van der Waals surface area (Å²) in [5, 5.41) is 157. The molecule has 672 valence electrons. The van der Waals surface area contributed by atoms with E-state index in [1.807, 2.05) is 0 Å². The van der Waals surface area contributed by atoms with Crippen LogP contribution < -0.4 is 71.5 Å². The fourth-order valence-corrected chi connectivity index (χ4v) is 15.8. The van der Waals surface area contributed by atoms with E-state index in [0.29, 0.717) is 101 Å². The summed E-state index contributed by atoms with van der Waals surface area (Å²) in [7, 11) is 0. The Hall–Kier alpha value is 2.61. The summed E-state index contributed by atoms with van der Waals surface area (Å²) in [6.07, 6.45) is 18.9. The van der Waals surface area contributed by atoms with Gasteiger partial charge in [0.2, 0.25) is 0 Å². The molecule has 0 aromatic rings. The third-order valence-electron chi connectivity index (χ3n) is 17.8. The smallest absolute Gasteiger partial charge is 2.00 e. The minimum absolute atomic E-state index is 0. The van der Waals surface area contributed by atoms with Crippen molar-refractivity contribution in [2.24, 2.45) is 0 Å². The predicted molar refractivity (Wildman–Crippen MR) is 429 cm³/mol. The summed E-state index contributed by atoms with van der Waals surface area (Å²) in [6.45, 7) is 71.1. The van der Waals surface area contributed by atoms with Crippen molar-refractivity contribution in [2.45, 2.75) is 465 Å². The molecular formula is C88H174N8O15Zr4. The third kappa shape index (κ3) is 79.7. The molecule has 0 bridgehead atoms. The number of hydrogen-bond acceptors (Lipinski definition) is 22. The first-order chi connectivity index (χ1) is 48.6. The van der Waals surface area contributed by atoms with Crippen molar-refractivity contribution in [3.8, 4) is 0 Å². The number of rotatable bonds is 20. The van der Waals surface area contributed by atoms with Crippen molar-refractivity contribution < 1.29 is 182 Å². The normalized spacial score (nSPS) is 24.2. The SMILES string of the molecule is CC(C)(C)[O-].CC(C)(C)[O-].CC(C)(C)[O-].CC(C)(C)[O-].CC(C)(C)[O-].CC(C)(C)[O-].CC(C)([O-])CN1CCC[C@@H]1[C@H]1CCCN1CC(C)(C)[O-].CC(C)([O-])CN1CCC[C@@H]1[C@H]1CCCN1CC(C)(C)[O-].CC(C)([O-])CN1CCC[C@@H]1[C@H]1CCCN1CC(C)(C)[O-].CC(C)([O-])CN1CCC[C@@H]1[C@H]1CCCN1CC(C)(C)[O-].[O-2].[Zr+4].[Zr+4].[Zr+4].[Zr+4]. The second-order valence-electron chi connectivity index (χ2n) is 44.2. The van der Waals surface area contributed by atoms with Gasteiger partial charge in [0.15, 0.2) is 0 Å². The van der Waals surface area contributed by atoms with Crippen LogP contribution in [0.15, 0.2) is 0 Å². The zero-order chi connectivity index (χ0) is 86.9. The monoisotopic (exact) mass is 1940 g/mol. The second kappa shape index (κ2) is 56.1. The first-order valence-electron chi connectivity index (χ1n) is 42.4. The van der Waals surface area contributed by atoms with E-state index in [1.54, 1.807) is 235 Å². The van der Waals surface area contributed by atoms with Gasteiger partial charge in [0.05, 0.1) is 0 Å². The molecule has 0 saturated carbocycles. The van der Waals surface area contributed by atoms with Gasteiger partial charge in [-0.2, -0.15) is 0 Å². The summed E-state index contributed by atoms with van der Waals surface area (Å²) in [4.78, 5) is 19.1. The minimum Gasteiger partial charge on any atom is -2.00 e. The molecular weight excluding hydrogens is 1770 g/mol. The van der Waals surface area contributed by atoms with Gasteiger partial charge in [0, 0.05) is 48.3 Å². The van der Waals surface area contributed by atoms with Crippen molar-refractivity contribution in [1.82, 2.24) is 39.2 Å². The molecule has 0 spiro atoms. The van der Waals surface area contributed by atoms with Gasteiger partial charge in [-0.25, -0.2) is 0 Å². The molecule has 0 aliphatic carbocycles. The van der Waals surface area contributed by atoms with Gasteiger partial charge >= 0.3 is 105 Å². The molecule has 0 N–H and O–H groups in total. The largest absolute Gasteiger partial charge is 4.00 e. The molecule has 0 unspecified atom stereocenters. The summed E-state index contributed by atoms with van der Waals surface area (Å²) >= 11 is 0. The molecule has 115 heavy (non-hydrogen) atoms. The van der Waals surface area contributed by atoms with Crippen LogP contribution in [0, 0.1) is 0 Å². The van der Waals surface area contributed by atoms with E-state index in [4.69, 9.17) is 0 Å². The second-order valence-corrected chi connectivity index (χ2v) is 44.2. The molecule has 8 saturated heterocycles. The van der Waals surface area contributed by atoms with Crippen LogP contribution in [0.3, 0.4) is 0 Å². The van der Waals surface area contributed by atoms with Crippen molar-refractivity contribution in [2.75, 3.05) is 105 Å². The van der Waals surface area contributed by atoms with Gasteiger partial charge in [-0.05, 0) is 207 Å². The molecule has 8 aliphatic rings. The van der Waals surface area contributed by atoms with Crippen LogP contribution in [-0.2, 0) is 110 Å². The van der Waals surface area contributed by atoms with E-state index in [0.717, 1.165) is 52.4 Å². The molecule has 8 rings (SSSR count). The average Bonchev–Trinajstić information content (AvgIpc) is 1.56. The van der Waals surface area contributed by atoms with Crippen molar-refractivity contribution in [1.29, 1.82) is 0 Å². The Morgan fingerprint density at radius 2 is 0.226 bits per heavy atom. The van der Waals surface area contributed by atoms with Crippen molar-refractivity contribution in [3.63, 3.8) is 0 Å². The number of likely N-dealkylation sites (tertiary alicyclic amines) is 8. The quantitative estimate of drug-likeness (QED) is 0.167. The van der Waals surface area contributed by atoms with E-state index < -0.39 is 78.4 Å². The van der Waals surface area contributed by atoms with Crippen molar-refractivity contribution >= 4 is 0 Å². The van der Waals surface area contributed by atoms with Crippen LogP contribution in [0.2, 0.25) is 0 Å². The molecule has 0 amide bonds. The fraction of sp³-hybridized carbons (Fsp3) is 1.00. The maximum Gasteiger partial charge on any atom is 4.00 e. The Morgan fingerprint density at radius 1 is 0.165 bits per heavy atom. The Balaban J connectivity index is -0.000000238. The Morgan fingerprint density at radius 3 is 0.278 bits per heavy atom. The molecule has 8 heterocycles.